The quantitative estimate of drug-likeness (QED) is 0.628. The standard InChI is InChI=1S/C13H24O3/c1-11-5-6-13(14)12(10-11)4-3-7-16-9-8-15-2/h11-12H,3-10H2,1-2H3. The molecule has 0 aromatic rings. The first kappa shape index (κ1) is 13.7. The number of hydrogen-bond acceptors (Lipinski definition) is 3. The van der Waals surface area contributed by atoms with Crippen LogP contribution in [-0.4, -0.2) is 32.7 Å². The number of rotatable bonds is 7. The third-order valence-corrected chi connectivity index (χ3v) is 3.30. The molecular weight excluding hydrogens is 204 g/mol. The number of methoxy groups -OCH3 is 1. The Hall–Kier alpha value is -0.410. The molecule has 0 aromatic carbocycles. The molecule has 1 fully saturated rings. The van der Waals surface area contributed by atoms with E-state index in [9.17, 15) is 4.79 Å². The molecule has 0 N–H and O–H groups in total. The van der Waals surface area contributed by atoms with Crippen molar-refractivity contribution >= 4 is 5.78 Å². The molecule has 0 amide bonds. The Labute approximate surface area is 98.5 Å². The molecule has 0 bridgehead atoms. The highest BCUT2D eigenvalue weighted by atomic mass is 16.5. The van der Waals surface area contributed by atoms with Crippen LogP contribution in [0, 0.1) is 11.8 Å². The van der Waals surface area contributed by atoms with Crippen LogP contribution in [0.4, 0.5) is 0 Å². The molecule has 2 atom stereocenters. The number of carbonyl (C=O) groups is 1. The molecule has 16 heavy (non-hydrogen) atoms. The van der Waals surface area contributed by atoms with E-state index in [0.717, 1.165) is 44.6 Å². The number of carbonyl (C=O) groups excluding carboxylic acids is 1. The van der Waals surface area contributed by atoms with Crippen molar-refractivity contribution in [2.75, 3.05) is 26.9 Å². The van der Waals surface area contributed by atoms with Crippen LogP contribution < -0.4 is 0 Å². The molecule has 2 unspecified atom stereocenters. The fourth-order valence-corrected chi connectivity index (χ4v) is 2.28. The van der Waals surface area contributed by atoms with E-state index < -0.39 is 0 Å². The van der Waals surface area contributed by atoms with Crippen molar-refractivity contribution in [3.8, 4) is 0 Å². The van der Waals surface area contributed by atoms with Crippen molar-refractivity contribution in [3.63, 3.8) is 0 Å². The highest BCUT2D eigenvalue weighted by Crippen LogP contribution is 2.28. The third kappa shape index (κ3) is 5.08. The molecule has 1 rings (SSSR count). The van der Waals surface area contributed by atoms with E-state index >= 15 is 0 Å². The smallest absolute Gasteiger partial charge is 0.135 e. The first-order valence-corrected chi connectivity index (χ1v) is 6.33. The summed E-state index contributed by atoms with van der Waals surface area (Å²) in [6.07, 6.45) is 4.94. The number of Topliss-reactive ketones (excluding diaryl/α,β-unsaturated/α-hetero) is 1. The zero-order chi connectivity index (χ0) is 11.8. The van der Waals surface area contributed by atoms with Gasteiger partial charge in [-0.3, -0.25) is 4.79 Å². The predicted octanol–water partition coefficient (Wildman–Crippen LogP) is 2.43. The minimum Gasteiger partial charge on any atom is -0.382 e. The summed E-state index contributed by atoms with van der Waals surface area (Å²) in [7, 11) is 1.67. The van der Waals surface area contributed by atoms with Gasteiger partial charge >= 0.3 is 0 Å². The molecule has 1 aliphatic carbocycles. The van der Waals surface area contributed by atoms with Crippen molar-refractivity contribution in [2.24, 2.45) is 11.8 Å². The minimum atomic E-state index is 0.301. The molecule has 0 spiro atoms. The van der Waals surface area contributed by atoms with Gasteiger partial charge in [-0.05, 0) is 31.6 Å². The molecule has 0 heterocycles. The maximum atomic E-state index is 11.6. The molecule has 3 nitrogen and oxygen atoms in total. The molecule has 0 radical (unpaired) electrons. The van der Waals surface area contributed by atoms with Crippen LogP contribution in [0.25, 0.3) is 0 Å². The van der Waals surface area contributed by atoms with Gasteiger partial charge < -0.3 is 9.47 Å². The molecule has 1 aliphatic rings. The lowest BCUT2D eigenvalue weighted by Crippen LogP contribution is -2.23. The van der Waals surface area contributed by atoms with E-state index in [1.165, 1.54) is 0 Å². The van der Waals surface area contributed by atoms with Gasteiger partial charge in [-0.25, -0.2) is 0 Å². The Kier molecular flexibility index (Phi) is 6.65. The lowest BCUT2D eigenvalue weighted by atomic mass is 9.79. The van der Waals surface area contributed by atoms with Gasteiger partial charge in [0.1, 0.15) is 5.78 Å². The Morgan fingerprint density at radius 1 is 1.31 bits per heavy atom. The summed E-state index contributed by atoms with van der Waals surface area (Å²) in [6, 6.07) is 0. The second kappa shape index (κ2) is 7.80. The average molecular weight is 228 g/mol. The van der Waals surface area contributed by atoms with Gasteiger partial charge in [-0.1, -0.05) is 6.92 Å². The predicted molar refractivity (Wildman–Crippen MR) is 63.4 cm³/mol. The van der Waals surface area contributed by atoms with Crippen LogP contribution in [0.1, 0.15) is 39.0 Å². The zero-order valence-electron chi connectivity index (χ0n) is 10.5. The van der Waals surface area contributed by atoms with E-state index in [2.05, 4.69) is 6.92 Å². The first-order valence-electron chi connectivity index (χ1n) is 6.33. The fraction of sp³-hybridized carbons (Fsp3) is 0.923. The van der Waals surface area contributed by atoms with Crippen molar-refractivity contribution in [2.45, 2.75) is 39.0 Å². The highest BCUT2D eigenvalue weighted by molar-refractivity contribution is 5.81. The minimum absolute atomic E-state index is 0.301. The summed E-state index contributed by atoms with van der Waals surface area (Å²) in [5.41, 5.74) is 0. The van der Waals surface area contributed by atoms with Gasteiger partial charge in [0.25, 0.3) is 0 Å². The monoisotopic (exact) mass is 228 g/mol. The van der Waals surface area contributed by atoms with Crippen LogP contribution in [0.3, 0.4) is 0 Å². The van der Waals surface area contributed by atoms with Crippen LogP contribution in [-0.2, 0) is 14.3 Å². The van der Waals surface area contributed by atoms with E-state index in [1.54, 1.807) is 7.11 Å². The summed E-state index contributed by atoms with van der Waals surface area (Å²) < 4.78 is 10.3. The highest BCUT2D eigenvalue weighted by Gasteiger charge is 2.25. The molecular formula is C13H24O3. The molecule has 94 valence electrons. The SMILES string of the molecule is COCCOCCCC1CC(C)CCC1=O. The summed E-state index contributed by atoms with van der Waals surface area (Å²) in [5, 5.41) is 0. The largest absolute Gasteiger partial charge is 0.382 e. The second-order valence-corrected chi connectivity index (χ2v) is 4.79. The Balaban J connectivity index is 2.05. The molecule has 3 heteroatoms. The van der Waals surface area contributed by atoms with Crippen molar-refractivity contribution in [1.82, 2.24) is 0 Å². The summed E-state index contributed by atoms with van der Waals surface area (Å²) in [6.45, 7) is 4.31. The van der Waals surface area contributed by atoms with E-state index in [1.807, 2.05) is 0 Å². The van der Waals surface area contributed by atoms with Gasteiger partial charge in [0, 0.05) is 26.1 Å². The van der Waals surface area contributed by atoms with Crippen LogP contribution in [0.2, 0.25) is 0 Å². The maximum absolute atomic E-state index is 11.6. The fourth-order valence-electron chi connectivity index (χ4n) is 2.28. The van der Waals surface area contributed by atoms with Gasteiger partial charge in [0.05, 0.1) is 13.2 Å². The van der Waals surface area contributed by atoms with Gasteiger partial charge in [-0.15, -0.1) is 0 Å². The van der Waals surface area contributed by atoms with Crippen molar-refractivity contribution in [3.05, 3.63) is 0 Å². The van der Waals surface area contributed by atoms with E-state index in [4.69, 9.17) is 9.47 Å². The van der Waals surface area contributed by atoms with Crippen LogP contribution in [0.15, 0.2) is 0 Å². The van der Waals surface area contributed by atoms with Gasteiger partial charge in [0.15, 0.2) is 0 Å². The van der Waals surface area contributed by atoms with Crippen molar-refractivity contribution in [1.29, 1.82) is 0 Å². The van der Waals surface area contributed by atoms with Gasteiger partial charge in [-0.2, -0.15) is 0 Å². The van der Waals surface area contributed by atoms with Crippen LogP contribution in [0.5, 0.6) is 0 Å². The Bertz CT molecular complexity index is 203. The first-order chi connectivity index (χ1) is 7.74. The molecule has 0 aromatic heterocycles. The third-order valence-electron chi connectivity index (χ3n) is 3.30. The Morgan fingerprint density at radius 3 is 2.88 bits per heavy atom. The summed E-state index contributed by atoms with van der Waals surface area (Å²) in [4.78, 5) is 11.6. The van der Waals surface area contributed by atoms with Crippen molar-refractivity contribution < 1.29 is 14.3 Å². The number of hydrogen-bond donors (Lipinski definition) is 0. The molecule has 0 aliphatic heterocycles. The maximum Gasteiger partial charge on any atom is 0.135 e. The zero-order valence-corrected chi connectivity index (χ0v) is 10.5. The number of ether oxygens (including phenoxy) is 2. The second-order valence-electron chi connectivity index (χ2n) is 4.79. The lowest BCUT2D eigenvalue weighted by molar-refractivity contribution is -0.125. The summed E-state index contributed by atoms with van der Waals surface area (Å²) in [5.74, 6) is 1.49. The summed E-state index contributed by atoms with van der Waals surface area (Å²) >= 11 is 0. The van der Waals surface area contributed by atoms with Crippen LogP contribution >= 0.6 is 0 Å². The Morgan fingerprint density at radius 2 is 2.12 bits per heavy atom. The topological polar surface area (TPSA) is 35.5 Å². The van der Waals surface area contributed by atoms with E-state index in [-0.39, 0.29) is 0 Å². The normalized spacial score (nSPS) is 26.0. The lowest BCUT2D eigenvalue weighted by Gasteiger charge is -2.25. The molecule has 0 saturated heterocycles. The van der Waals surface area contributed by atoms with E-state index in [0.29, 0.717) is 24.9 Å². The average Bonchev–Trinajstić information content (AvgIpc) is 2.28. The number of ketones is 1. The van der Waals surface area contributed by atoms with Gasteiger partial charge in [0.2, 0.25) is 0 Å². The molecule has 1 saturated carbocycles.